The van der Waals surface area contributed by atoms with Crippen LogP contribution in [0.15, 0.2) is 58.6 Å². The Balaban J connectivity index is 1.56. The molecule has 1 aliphatic rings. The van der Waals surface area contributed by atoms with Gasteiger partial charge in [0.05, 0.1) is 12.2 Å². The lowest BCUT2D eigenvalue weighted by molar-refractivity contribution is -0.117. The maximum atomic E-state index is 12.1. The molecule has 5 nitrogen and oxygen atoms in total. The first kappa shape index (κ1) is 18.1. The Morgan fingerprint density at radius 2 is 1.96 bits per heavy atom. The van der Waals surface area contributed by atoms with Gasteiger partial charge < -0.3 is 5.32 Å². The molecule has 0 aliphatic heterocycles. The number of nitrogens with one attached hydrogen (secondary N) is 1. The molecule has 4 rings (SSSR count). The zero-order valence-corrected chi connectivity index (χ0v) is 16.4. The van der Waals surface area contributed by atoms with Crippen molar-refractivity contribution in [3.63, 3.8) is 0 Å². The molecular formula is C20H19ClN4OS. The zero-order valence-electron chi connectivity index (χ0n) is 14.9. The fourth-order valence-corrected chi connectivity index (χ4v) is 3.82. The number of hydrogen-bond donors (Lipinski definition) is 1. The monoisotopic (exact) mass is 398 g/mol. The van der Waals surface area contributed by atoms with E-state index in [1.54, 1.807) is 4.68 Å². The van der Waals surface area contributed by atoms with Crippen molar-refractivity contribution in [1.29, 1.82) is 0 Å². The number of carbonyl (C=O) groups excluding carboxylic acids is 1. The van der Waals surface area contributed by atoms with Gasteiger partial charge in [0.15, 0.2) is 5.16 Å². The fourth-order valence-electron chi connectivity index (χ4n) is 2.68. The maximum Gasteiger partial charge on any atom is 0.243 e. The zero-order chi connectivity index (χ0) is 18.8. The van der Waals surface area contributed by atoms with Crippen LogP contribution in [0, 0.1) is 12.8 Å². The summed E-state index contributed by atoms with van der Waals surface area (Å²) in [6.07, 6.45) is 1.95. The minimum Gasteiger partial charge on any atom is -0.325 e. The van der Waals surface area contributed by atoms with Crippen molar-refractivity contribution in [2.45, 2.75) is 36.4 Å². The minimum absolute atomic E-state index is 0.0854. The first-order valence-corrected chi connectivity index (χ1v) is 10.0. The van der Waals surface area contributed by atoms with Crippen LogP contribution < -0.4 is 5.32 Å². The van der Waals surface area contributed by atoms with E-state index in [9.17, 15) is 4.79 Å². The van der Waals surface area contributed by atoms with Crippen LogP contribution in [0.2, 0.25) is 5.28 Å². The molecule has 27 heavy (non-hydrogen) atoms. The number of hydrogen-bond acceptors (Lipinski definition) is 4. The lowest BCUT2D eigenvalue weighted by atomic mass is 10.1. The van der Waals surface area contributed by atoms with Crippen molar-refractivity contribution < 1.29 is 4.79 Å². The summed E-state index contributed by atoms with van der Waals surface area (Å²) < 4.78 is 1.79. The number of nitrogens with zero attached hydrogens (tertiary/aromatic N) is 3. The Morgan fingerprint density at radius 3 is 2.70 bits per heavy atom. The van der Waals surface area contributed by atoms with E-state index in [2.05, 4.69) is 46.6 Å². The second-order valence-corrected chi connectivity index (χ2v) is 8.02. The molecule has 2 aromatic carbocycles. The lowest BCUT2D eigenvalue weighted by Gasteiger charge is -2.11. The van der Waals surface area contributed by atoms with Gasteiger partial charge in [0, 0.05) is 10.8 Å². The Labute approximate surface area is 167 Å². The van der Waals surface area contributed by atoms with Crippen LogP contribution in [-0.2, 0) is 11.3 Å². The molecule has 0 bridgehead atoms. The van der Waals surface area contributed by atoms with Crippen LogP contribution in [0.25, 0.3) is 0 Å². The average Bonchev–Trinajstić information content (AvgIpc) is 3.44. The van der Waals surface area contributed by atoms with E-state index in [1.165, 1.54) is 17.3 Å². The summed E-state index contributed by atoms with van der Waals surface area (Å²) in [5.41, 5.74) is 3.13. The van der Waals surface area contributed by atoms with Crippen LogP contribution in [0.5, 0.6) is 0 Å². The standard InChI is InChI=1S/C20H19ClN4OS/c1-13-6-8-14(9-7-13)12-25-20(23-19(21)24-25)27-17-5-3-2-4-16(17)22-18(26)15-10-11-15/h2-9,15H,10-12H2,1H3,(H,22,26). The van der Waals surface area contributed by atoms with Crippen LogP contribution in [0.1, 0.15) is 24.0 Å². The largest absolute Gasteiger partial charge is 0.325 e. The smallest absolute Gasteiger partial charge is 0.243 e. The summed E-state index contributed by atoms with van der Waals surface area (Å²) in [7, 11) is 0. The van der Waals surface area contributed by atoms with Gasteiger partial charge in [-0.05, 0) is 60.8 Å². The van der Waals surface area contributed by atoms with Gasteiger partial charge in [-0.3, -0.25) is 4.79 Å². The summed E-state index contributed by atoms with van der Waals surface area (Å²) in [5, 5.41) is 8.24. The molecule has 138 valence electrons. The number of aromatic nitrogens is 3. The van der Waals surface area contributed by atoms with E-state index >= 15 is 0 Å². The van der Waals surface area contributed by atoms with Crippen LogP contribution >= 0.6 is 23.4 Å². The normalized spacial score (nSPS) is 13.6. The summed E-state index contributed by atoms with van der Waals surface area (Å²) in [6.45, 7) is 2.64. The van der Waals surface area contributed by atoms with Gasteiger partial charge in [0.1, 0.15) is 0 Å². The number of carbonyl (C=O) groups is 1. The van der Waals surface area contributed by atoms with Gasteiger partial charge in [-0.15, -0.1) is 5.10 Å². The minimum atomic E-state index is 0.0854. The van der Waals surface area contributed by atoms with E-state index in [0.717, 1.165) is 29.0 Å². The summed E-state index contributed by atoms with van der Waals surface area (Å²) >= 11 is 7.52. The van der Waals surface area contributed by atoms with Crippen molar-refractivity contribution >= 4 is 35.0 Å². The first-order valence-electron chi connectivity index (χ1n) is 8.82. The van der Waals surface area contributed by atoms with Crippen LogP contribution in [-0.4, -0.2) is 20.7 Å². The van der Waals surface area contributed by atoms with E-state index in [4.69, 9.17) is 11.6 Å². The lowest BCUT2D eigenvalue weighted by Crippen LogP contribution is -2.13. The number of amides is 1. The highest BCUT2D eigenvalue weighted by molar-refractivity contribution is 7.99. The predicted molar refractivity (Wildman–Crippen MR) is 107 cm³/mol. The first-order chi connectivity index (χ1) is 13.1. The van der Waals surface area contributed by atoms with Gasteiger partial charge >= 0.3 is 0 Å². The fraction of sp³-hybridized carbons (Fsp3) is 0.250. The molecule has 1 aliphatic carbocycles. The topological polar surface area (TPSA) is 59.8 Å². The summed E-state index contributed by atoms with van der Waals surface area (Å²) in [4.78, 5) is 17.4. The number of anilines is 1. The number of aryl methyl sites for hydroxylation is 1. The predicted octanol–water partition coefficient (Wildman–Crippen LogP) is 4.79. The highest BCUT2D eigenvalue weighted by Crippen LogP contribution is 2.35. The van der Waals surface area contributed by atoms with Crippen molar-refractivity contribution in [3.8, 4) is 0 Å². The third-order valence-corrected chi connectivity index (χ3v) is 5.58. The molecule has 1 heterocycles. The third kappa shape index (κ3) is 4.51. The molecule has 1 amide bonds. The molecule has 1 N–H and O–H groups in total. The number of rotatable bonds is 6. The molecule has 0 unspecified atom stereocenters. The van der Waals surface area contributed by atoms with Crippen LogP contribution in [0.4, 0.5) is 5.69 Å². The number of para-hydroxylation sites is 1. The van der Waals surface area contributed by atoms with Crippen molar-refractivity contribution in [3.05, 3.63) is 64.9 Å². The molecule has 1 fully saturated rings. The van der Waals surface area contributed by atoms with Crippen molar-refractivity contribution in [2.24, 2.45) is 5.92 Å². The number of halogens is 1. The molecule has 0 radical (unpaired) electrons. The van der Waals surface area contributed by atoms with Crippen molar-refractivity contribution in [1.82, 2.24) is 14.8 Å². The maximum absolute atomic E-state index is 12.1. The van der Waals surface area contributed by atoms with E-state index in [0.29, 0.717) is 11.7 Å². The van der Waals surface area contributed by atoms with Crippen molar-refractivity contribution in [2.75, 3.05) is 5.32 Å². The summed E-state index contributed by atoms with van der Waals surface area (Å²) in [6, 6.07) is 16.0. The second-order valence-electron chi connectivity index (χ2n) is 6.67. The third-order valence-electron chi connectivity index (χ3n) is 4.36. The Morgan fingerprint density at radius 1 is 1.22 bits per heavy atom. The molecule has 0 atom stereocenters. The average molecular weight is 399 g/mol. The molecule has 1 saturated carbocycles. The molecule has 0 saturated heterocycles. The SMILES string of the molecule is Cc1ccc(Cn2nc(Cl)nc2Sc2ccccc2NC(=O)C2CC2)cc1. The number of benzene rings is 2. The highest BCUT2D eigenvalue weighted by Gasteiger charge is 2.30. The quantitative estimate of drug-likeness (QED) is 0.648. The van der Waals surface area contributed by atoms with E-state index < -0.39 is 0 Å². The Kier molecular flexibility index (Phi) is 5.18. The Hall–Kier alpha value is -2.31. The van der Waals surface area contributed by atoms with Gasteiger partial charge in [-0.2, -0.15) is 4.98 Å². The van der Waals surface area contributed by atoms with E-state index in [1.807, 2.05) is 24.3 Å². The van der Waals surface area contributed by atoms with Gasteiger partial charge in [0.25, 0.3) is 0 Å². The van der Waals surface area contributed by atoms with Crippen LogP contribution in [0.3, 0.4) is 0 Å². The molecule has 1 aromatic heterocycles. The summed E-state index contributed by atoms with van der Waals surface area (Å²) in [5.74, 6) is 0.241. The molecular weight excluding hydrogens is 380 g/mol. The Bertz CT molecular complexity index is 966. The molecule has 7 heteroatoms. The highest BCUT2D eigenvalue weighted by atomic mass is 35.5. The van der Waals surface area contributed by atoms with Gasteiger partial charge in [-0.25, -0.2) is 4.68 Å². The molecule has 0 spiro atoms. The van der Waals surface area contributed by atoms with E-state index in [-0.39, 0.29) is 17.1 Å². The van der Waals surface area contributed by atoms with Gasteiger partial charge in [0.2, 0.25) is 11.2 Å². The van der Waals surface area contributed by atoms with Gasteiger partial charge in [-0.1, -0.05) is 42.0 Å². The second kappa shape index (κ2) is 7.74. The molecule has 3 aromatic rings.